The minimum Gasteiger partial charge on any atom is -0.307 e. The lowest BCUT2D eigenvalue weighted by Gasteiger charge is -2.11. The van der Waals surface area contributed by atoms with E-state index in [9.17, 15) is 9.59 Å². The largest absolute Gasteiger partial charge is 0.307 e. The Hall–Kier alpha value is -1.68. The van der Waals surface area contributed by atoms with Crippen molar-refractivity contribution in [3.63, 3.8) is 0 Å². The number of carbonyl (C=O) groups excluding carboxylic acids is 1. The quantitative estimate of drug-likeness (QED) is 0.807. The van der Waals surface area contributed by atoms with Crippen LogP contribution in [-0.4, -0.2) is 10.4 Å². The number of halogens is 1. The lowest BCUT2D eigenvalue weighted by Crippen LogP contribution is -2.24. The molecule has 0 aliphatic heterocycles. The minimum atomic E-state index is -0.191. The molecule has 0 saturated carbocycles. The van der Waals surface area contributed by atoms with Crippen molar-refractivity contribution in [2.24, 2.45) is 0 Å². The Balaban J connectivity index is 2.39. The van der Waals surface area contributed by atoms with Crippen LogP contribution in [0.1, 0.15) is 27.0 Å². The predicted octanol–water partition coefficient (Wildman–Crippen LogP) is 3.42. The van der Waals surface area contributed by atoms with E-state index in [-0.39, 0.29) is 17.9 Å². The second-order valence-electron chi connectivity index (χ2n) is 4.99. The van der Waals surface area contributed by atoms with Crippen molar-refractivity contribution in [1.82, 2.24) is 4.57 Å². The fourth-order valence-electron chi connectivity index (χ4n) is 2.49. The Morgan fingerprint density at radius 2 is 1.80 bits per heavy atom. The highest BCUT2D eigenvalue weighted by Crippen LogP contribution is 2.17. The zero-order valence-corrected chi connectivity index (χ0v) is 13.3. The van der Waals surface area contributed by atoms with Gasteiger partial charge in [0.1, 0.15) is 0 Å². The first kappa shape index (κ1) is 14.7. The summed E-state index contributed by atoms with van der Waals surface area (Å²) in [6.45, 7) is 5.92. The van der Waals surface area contributed by atoms with Crippen LogP contribution in [0.5, 0.6) is 0 Å². The summed E-state index contributed by atoms with van der Waals surface area (Å²) in [5.74, 6) is -0.0415. The Bertz CT molecular complexity index is 708. The maximum Gasteiger partial charge on any atom is 0.265 e. The predicted molar refractivity (Wildman–Crippen MR) is 83.4 cm³/mol. The standard InChI is InChI=1S/C16H16BrNO2/c1-10-7-11(2)15(12(3)8-10)14(19)9-18-6-4-5-13(17)16(18)20/h4-8H,9H2,1-3H3. The van der Waals surface area contributed by atoms with Gasteiger partial charge in [0.2, 0.25) is 0 Å². The van der Waals surface area contributed by atoms with Gasteiger partial charge in [0, 0.05) is 11.8 Å². The molecule has 0 bridgehead atoms. The topological polar surface area (TPSA) is 39.1 Å². The molecular weight excluding hydrogens is 318 g/mol. The average Bonchev–Trinajstić information content (AvgIpc) is 2.33. The smallest absolute Gasteiger partial charge is 0.265 e. The van der Waals surface area contributed by atoms with Gasteiger partial charge >= 0.3 is 0 Å². The van der Waals surface area contributed by atoms with Crippen molar-refractivity contribution >= 4 is 21.7 Å². The molecular formula is C16H16BrNO2. The monoisotopic (exact) mass is 333 g/mol. The van der Waals surface area contributed by atoms with E-state index in [4.69, 9.17) is 0 Å². The first-order chi connectivity index (χ1) is 9.40. The summed E-state index contributed by atoms with van der Waals surface area (Å²) in [7, 11) is 0. The first-order valence-electron chi connectivity index (χ1n) is 6.36. The first-order valence-corrected chi connectivity index (χ1v) is 7.15. The van der Waals surface area contributed by atoms with Crippen LogP contribution in [0.15, 0.2) is 39.7 Å². The number of pyridine rings is 1. The van der Waals surface area contributed by atoms with E-state index < -0.39 is 0 Å². The van der Waals surface area contributed by atoms with E-state index in [0.717, 1.165) is 16.7 Å². The number of rotatable bonds is 3. The molecule has 0 unspecified atom stereocenters. The van der Waals surface area contributed by atoms with Gasteiger partial charge in [0.25, 0.3) is 5.56 Å². The summed E-state index contributed by atoms with van der Waals surface area (Å²) in [5, 5.41) is 0. The highest BCUT2D eigenvalue weighted by atomic mass is 79.9. The van der Waals surface area contributed by atoms with Crippen molar-refractivity contribution in [2.75, 3.05) is 0 Å². The molecule has 0 amide bonds. The summed E-state index contributed by atoms with van der Waals surface area (Å²) >= 11 is 3.19. The second kappa shape index (κ2) is 5.75. The zero-order valence-electron chi connectivity index (χ0n) is 11.7. The summed E-state index contributed by atoms with van der Waals surface area (Å²) in [5.41, 5.74) is 3.56. The van der Waals surface area contributed by atoms with Gasteiger partial charge in [0.05, 0.1) is 11.0 Å². The molecule has 0 aliphatic carbocycles. The van der Waals surface area contributed by atoms with Crippen LogP contribution in [0.25, 0.3) is 0 Å². The van der Waals surface area contributed by atoms with Crippen molar-refractivity contribution in [3.8, 4) is 0 Å². The number of nitrogens with zero attached hydrogens (tertiary/aromatic N) is 1. The Morgan fingerprint density at radius 1 is 1.20 bits per heavy atom. The third kappa shape index (κ3) is 2.90. The summed E-state index contributed by atoms with van der Waals surface area (Å²) in [6.07, 6.45) is 1.63. The van der Waals surface area contributed by atoms with Gasteiger partial charge in [0.15, 0.2) is 5.78 Å². The Labute approximate surface area is 126 Å². The third-order valence-electron chi connectivity index (χ3n) is 3.24. The van der Waals surface area contributed by atoms with E-state index >= 15 is 0 Å². The van der Waals surface area contributed by atoms with Gasteiger partial charge in [-0.1, -0.05) is 17.7 Å². The van der Waals surface area contributed by atoms with E-state index in [2.05, 4.69) is 15.9 Å². The molecule has 20 heavy (non-hydrogen) atoms. The molecule has 0 fully saturated rings. The molecule has 2 rings (SSSR count). The Morgan fingerprint density at radius 3 is 2.40 bits per heavy atom. The third-order valence-corrected chi connectivity index (χ3v) is 3.85. The minimum absolute atomic E-state index is 0.0415. The van der Waals surface area contributed by atoms with Crippen molar-refractivity contribution in [3.05, 3.63) is 67.5 Å². The molecule has 3 nitrogen and oxygen atoms in total. The average molecular weight is 334 g/mol. The number of carbonyl (C=O) groups is 1. The van der Waals surface area contributed by atoms with E-state index in [1.807, 2.05) is 32.9 Å². The maximum absolute atomic E-state index is 12.5. The van der Waals surface area contributed by atoms with Crippen molar-refractivity contribution < 1.29 is 4.79 Å². The summed E-state index contributed by atoms with van der Waals surface area (Å²) in [4.78, 5) is 24.4. The van der Waals surface area contributed by atoms with Crippen LogP contribution in [0.3, 0.4) is 0 Å². The number of aromatic nitrogens is 1. The molecule has 1 aromatic carbocycles. The highest BCUT2D eigenvalue weighted by molar-refractivity contribution is 9.10. The lowest BCUT2D eigenvalue weighted by molar-refractivity contribution is 0.0969. The number of hydrogen-bond acceptors (Lipinski definition) is 2. The van der Waals surface area contributed by atoms with E-state index in [1.54, 1.807) is 18.3 Å². The molecule has 0 spiro atoms. The van der Waals surface area contributed by atoms with Gasteiger partial charge in [-0.3, -0.25) is 9.59 Å². The maximum atomic E-state index is 12.5. The molecule has 2 aromatic rings. The molecule has 1 heterocycles. The number of Topliss-reactive ketones (excluding diaryl/α,β-unsaturated/α-hetero) is 1. The fourth-order valence-corrected chi connectivity index (χ4v) is 2.87. The van der Waals surface area contributed by atoms with Crippen molar-refractivity contribution in [2.45, 2.75) is 27.3 Å². The van der Waals surface area contributed by atoms with Crippen LogP contribution >= 0.6 is 15.9 Å². The van der Waals surface area contributed by atoms with Gasteiger partial charge in [-0.25, -0.2) is 0 Å². The normalized spacial score (nSPS) is 10.6. The summed E-state index contributed by atoms with van der Waals surface area (Å²) < 4.78 is 1.88. The van der Waals surface area contributed by atoms with Crippen LogP contribution in [0.4, 0.5) is 0 Å². The lowest BCUT2D eigenvalue weighted by atomic mass is 9.96. The van der Waals surface area contributed by atoms with Crippen LogP contribution in [0.2, 0.25) is 0 Å². The number of ketones is 1. The summed E-state index contributed by atoms with van der Waals surface area (Å²) in [6, 6.07) is 7.40. The van der Waals surface area contributed by atoms with Crippen LogP contribution < -0.4 is 5.56 Å². The molecule has 0 radical (unpaired) electrons. The zero-order chi connectivity index (χ0) is 14.9. The molecule has 0 aliphatic rings. The van der Waals surface area contributed by atoms with Gasteiger partial charge in [-0.05, 0) is 60.0 Å². The van der Waals surface area contributed by atoms with E-state index in [0.29, 0.717) is 10.0 Å². The number of hydrogen-bond donors (Lipinski definition) is 0. The van der Waals surface area contributed by atoms with Gasteiger partial charge < -0.3 is 4.57 Å². The molecule has 0 N–H and O–H groups in total. The number of aryl methyl sites for hydroxylation is 3. The van der Waals surface area contributed by atoms with E-state index in [1.165, 1.54) is 4.57 Å². The highest BCUT2D eigenvalue weighted by Gasteiger charge is 2.14. The van der Waals surface area contributed by atoms with Gasteiger partial charge in [-0.15, -0.1) is 0 Å². The van der Waals surface area contributed by atoms with Crippen LogP contribution in [-0.2, 0) is 6.54 Å². The molecule has 104 valence electrons. The fraction of sp³-hybridized carbons (Fsp3) is 0.250. The molecule has 0 saturated heterocycles. The van der Waals surface area contributed by atoms with Gasteiger partial charge in [-0.2, -0.15) is 0 Å². The number of benzene rings is 1. The molecule has 1 aromatic heterocycles. The molecule has 0 atom stereocenters. The van der Waals surface area contributed by atoms with Crippen molar-refractivity contribution in [1.29, 1.82) is 0 Å². The SMILES string of the molecule is Cc1cc(C)c(C(=O)Cn2cccc(Br)c2=O)c(C)c1. The Kier molecular flexibility index (Phi) is 4.23. The second-order valence-corrected chi connectivity index (χ2v) is 5.84. The van der Waals surface area contributed by atoms with Crippen LogP contribution in [0, 0.1) is 20.8 Å². The molecule has 4 heteroatoms.